The number of amides is 1. The highest BCUT2D eigenvalue weighted by molar-refractivity contribution is 7.10. The molecule has 0 saturated carbocycles. The second kappa shape index (κ2) is 15.8. The van der Waals surface area contributed by atoms with Crippen LogP contribution in [-0.2, 0) is 28.9 Å². The fourth-order valence-corrected chi connectivity index (χ4v) is 5.04. The zero-order valence-electron chi connectivity index (χ0n) is 22.6. The summed E-state index contributed by atoms with van der Waals surface area (Å²) >= 11 is 1.59. The van der Waals surface area contributed by atoms with E-state index in [0.717, 1.165) is 40.6 Å². The lowest BCUT2D eigenvalue weighted by molar-refractivity contribution is -0.130. The number of hydrogen-bond acceptors (Lipinski definition) is 5. The maximum Gasteiger partial charge on any atom is 0.344 e. The van der Waals surface area contributed by atoms with E-state index < -0.39 is 5.97 Å². The Bertz CT molecular complexity index is 1210. The number of hydrogen-bond donors (Lipinski definition) is 0. The Hall–Kier alpha value is -3.19. The molecule has 0 fully saturated rings. The van der Waals surface area contributed by atoms with Gasteiger partial charge in [0.1, 0.15) is 5.56 Å². The maximum atomic E-state index is 13.3. The van der Waals surface area contributed by atoms with E-state index in [0.29, 0.717) is 32.5 Å². The van der Waals surface area contributed by atoms with Crippen LogP contribution in [0.3, 0.4) is 0 Å². The number of nitrogens with zero attached hydrogens (tertiary/aromatic N) is 2. The Balaban J connectivity index is 0.00000235. The van der Waals surface area contributed by atoms with Crippen molar-refractivity contribution in [3.05, 3.63) is 80.8 Å². The minimum absolute atomic E-state index is 0.109. The van der Waals surface area contributed by atoms with Gasteiger partial charge in [0, 0.05) is 29.9 Å². The van der Waals surface area contributed by atoms with Crippen LogP contribution in [0.2, 0.25) is 0 Å². The molecule has 0 spiro atoms. The molecule has 37 heavy (non-hydrogen) atoms. The topological polar surface area (TPSA) is 68.6 Å². The molecular formula is C30H40N2O4S. The minimum atomic E-state index is -0.570. The fourth-order valence-electron chi connectivity index (χ4n) is 4.35. The van der Waals surface area contributed by atoms with Crippen LogP contribution in [0.4, 0.5) is 0 Å². The Morgan fingerprint density at radius 2 is 1.84 bits per heavy atom. The number of thiophene rings is 1. The largest absolute Gasteiger partial charge is 0.462 e. The molecule has 3 aromatic rings. The third-order valence-corrected chi connectivity index (χ3v) is 6.92. The number of rotatable bonds is 13. The van der Waals surface area contributed by atoms with Gasteiger partial charge < -0.3 is 14.2 Å². The van der Waals surface area contributed by atoms with Gasteiger partial charge in [-0.2, -0.15) is 0 Å². The van der Waals surface area contributed by atoms with E-state index in [1.807, 2.05) is 73.5 Å². The van der Waals surface area contributed by atoms with Crippen LogP contribution < -0.4 is 5.56 Å². The van der Waals surface area contributed by atoms with Crippen LogP contribution in [0, 0.1) is 0 Å². The standard InChI is InChI=1S/C28H34N2O4S.C2H6/c1-4-7-17-29(25(31)20-21-13-12-19-35-21)18-11-10-15-23-22-14-8-9-16-24(22)30(5-2)27(32)26(23)28(33)34-6-3;1-2/h4,8-9,12-14,16,19H,1,5-7,10-11,15,17-18,20H2,2-3H3;1-2H3. The summed E-state index contributed by atoms with van der Waals surface area (Å²) in [6.07, 6.45) is 5.03. The number of aromatic nitrogens is 1. The summed E-state index contributed by atoms with van der Waals surface area (Å²) in [6.45, 7) is 13.4. The summed E-state index contributed by atoms with van der Waals surface area (Å²) in [6, 6.07) is 11.6. The third-order valence-electron chi connectivity index (χ3n) is 6.04. The second-order valence-electron chi connectivity index (χ2n) is 8.31. The van der Waals surface area contributed by atoms with Gasteiger partial charge in [-0.15, -0.1) is 17.9 Å². The van der Waals surface area contributed by atoms with Crippen LogP contribution in [0.5, 0.6) is 0 Å². The van der Waals surface area contributed by atoms with Gasteiger partial charge >= 0.3 is 5.97 Å². The first-order valence-electron chi connectivity index (χ1n) is 13.2. The number of para-hydroxylation sites is 1. The smallest absolute Gasteiger partial charge is 0.344 e. The van der Waals surface area contributed by atoms with Crippen molar-refractivity contribution in [2.75, 3.05) is 19.7 Å². The molecule has 7 heteroatoms. The van der Waals surface area contributed by atoms with Crippen molar-refractivity contribution in [2.24, 2.45) is 0 Å². The molecule has 3 rings (SSSR count). The lowest BCUT2D eigenvalue weighted by atomic mass is 9.97. The van der Waals surface area contributed by atoms with Crippen molar-refractivity contribution < 1.29 is 14.3 Å². The Kier molecular flexibility index (Phi) is 12.8. The van der Waals surface area contributed by atoms with Gasteiger partial charge in [0.25, 0.3) is 5.56 Å². The van der Waals surface area contributed by atoms with Crippen molar-refractivity contribution in [1.29, 1.82) is 0 Å². The van der Waals surface area contributed by atoms with Gasteiger partial charge in [0.2, 0.25) is 5.91 Å². The van der Waals surface area contributed by atoms with Crippen LogP contribution in [0.25, 0.3) is 10.9 Å². The zero-order chi connectivity index (χ0) is 27.2. The third kappa shape index (κ3) is 7.89. The summed E-state index contributed by atoms with van der Waals surface area (Å²) in [5.74, 6) is -0.461. The SMILES string of the molecule is C=CCCN(CCCCc1c(C(=O)OCC)c(=O)n(CC)c2ccccc12)C(=O)Cc1cccs1.CC. The molecule has 0 aliphatic rings. The summed E-state index contributed by atoms with van der Waals surface area (Å²) in [5.41, 5.74) is 1.38. The highest BCUT2D eigenvalue weighted by Gasteiger charge is 2.23. The van der Waals surface area contributed by atoms with E-state index in [1.165, 1.54) is 0 Å². The van der Waals surface area contributed by atoms with E-state index in [1.54, 1.807) is 22.8 Å². The molecule has 0 N–H and O–H groups in total. The van der Waals surface area contributed by atoms with Gasteiger partial charge in [-0.1, -0.05) is 44.2 Å². The molecule has 1 amide bonds. The minimum Gasteiger partial charge on any atom is -0.462 e. The van der Waals surface area contributed by atoms with E-state index >= 15 is 0 Å². The van der Waals surface area contributed by atoms with Crippen molar-refractivity contribution in [2.45, 2.75) is 66.3 Å². The number of fused-ring (bicyclic) bond motifs is 1. The molecule has 200 valence electrons. The molecule has 0 aliphatic carbocycles. The second-order valence-corrected chi connectivity index (χ2v) is 9.34. The average molecular weight is 525 g/mol. The number of ether oxygens (including phenoxy) is 1. The Morgan fingerprint density at radius 3 is 2.49 bits per heavy atom. The number of benzene rings is 1. The van der Waals surface area contributed by atoms with Crippen LogP contribution in [-0.4, -0.2) is 41.0 Å². The van der Waals surface area contributed by atoms with E-state index in [-0.39, 0.29) is 23.6 Å². The molecule has 2 aromatic heterocycles. The molecule has 0 saturated heterocycles. The average Bonchev–Trinajstić information content (AvgIpc) is 3.42. The number of aryl methyl sites for hydroxylation is 2. The first-order chi connectivity index (χ1) is 18.0. The molecule has 0 bridgehead atoms. The number of esters is 1. The number of carbonyl (C=O) groups is 2. The molecule has 0 aliphatic heterocycles. The van der Waals surface area contributed by atoms with Crippen molar-refractivity contribution in [1.82, 2.24) is 9.47 Å². The van der Waals surface area contributed by atoms with E-state index in [4.69, 9.17) is 4.74 Å². The first-order valence-corrected chi connectivity index (χ1v) is 14.1. The van der Waals surface area contributed by atoms with Gasteiger partial charge in [-0.25, -0.2) is 4.79 Å². The Labute approximate surface area is 224 Å². The lowest BCUT2D eigenvalue weighted by Crippen LogP contribution is -2.34. The highest BCUT2D eigenvalue weighted by atomic mass is 32.1. The zero-order valence-corrected chi connectivity index (χ0v) is 23.4. The number of unbranched alkanes of at least 4 members (excludes halogenated alkanes) is 1. The summed E-state index contributed by atoms with van der Waals surface area (Å²) in [7, 11) is 0. The molecular weight excluding hydrogens is 484 g/mol. The van der Waals surface area contributed by atoms with Crippen molar-refractivity contribution >= 4 is 34.1 Å². The fraction of sp³-hybridized carbons (Fsp3) is 0.433. The number of carbonyl (C=O) groups excluding carboxylic acids is 2. The van der Waals surface area contributed by atoms with Crippen LogP contribution in [0.15, 0.2) is 59.2 Å². The van der Waals surface area contributed by atoms with Crippen molar-refractivity contribution in [3.63, 3.8) is 0 Å². The first kappa shape index (κ1) is 30.0. The summed E-state index contributed by atoms with van der Waals surface area (Å²) in [5, 5.41) is 2.88. The van der Waals surface area contributed by atoms with Crippen LogP contribution >= 0.6 is 11.3 Å². The molecule has 6 nitrogen and oxygen atoms in total. The van der Waals surface area contributed by atoms with Gasteiger partial charge in [0.05, 0.1) is 18.5 Å². The molecule has 0 unspecified atom stereocenters. The lowest BCUT2D eigenvalue weighted by Gasteiger charge is -2.22. The van der Waals surface area contributed by atoms with Crippen molar-refractivity contribution in [3.8, 4) is 0 Å². The monoisotopic (exact) mass is 524 g/mol. The van der Waals surface area contributed by atoms with Gasteiger partial charge in [-0.05, 0) is 62.6 Å². The number of pyridine rings is 1. The van der Waals surface area contributed by atoms with E-state index in [9.17, 15) is 14.4 Å². The van der Waals surface area contributed by atoms with Gasteiger partial charge in [-0.3, -0.25) is 9.59 Å². The normalized spacial score (nSPS) is 10.5. The van der Waals surface area contributed by atoms with Gasteiger partial charge in [0.15, 0.2) is 0 Å². The predicted octanol–water partition coefficient (Wildman–Crippen LogP) is 6.26. The molecule has 1 aromatic carbocycles. The molecule has 2 heterocycles. The van der Waals surface area contributed by atoms with Crippen LogP contribution in [0.1, 0.15) is 67.8 Å². The van der Waals surface area contributed by atoms with E-state index in [2.05, 4.69) is 6.58 Å². The molecule has 0 radical (unpaired) electrons. The summed E-state index contributed by atoms with van der Waals surface area (Å²) < 4.78 is 6.88. The summed E-state index contributed by atoms with van der Waals surface area (Å²) in [4.78, 5) is 41.9. The molecule has 0 atom stereocenters. The quantitative estimate of drug-likeness (QED) is 0.150. The maximum absolute atomic E-state index is 13.3. The predicted molar refractivity (Wildman–Crippen MR) is 154 cm³/mol. The Morgan fingerprint density at radius 1 is 1.08 bits per heavy atom. The highest BCUT2D eigenvalue weighted by Crippen LogP contribution is 2.23.